The molecule has 2 heterocycles. The predicted octanol–water partition coefficient (Wildman–Crippen LogP) is 1.70. The molecule has 1 aromatic rings. The lowest BCUT2D eigenvalue weighted by Crippen LogP contribution is -2.37. The fraction of sp³-hybridized carbons (Fsp3) is 0.571. The quantitative estimate of drug-likeness (QED) is 0.879. The number of rotatable bonds is 3. The van der Waals surface area contributed by atoms with E-state index in [1.807, 2.05) is 19.1 Å². The van der Waals surface area contributed by atoms with Crippen LogP contribution in [0.25, 0.3) is 0 Å². The topological polar surface area (TPSA) is 52.0 Å². The lowest BCUT2D eigenvalue weighted by molar-refractivity contribution is 0.380. The first-order valence-corrected chi connectivity index (χ1v) is 6.49. The molecule has 2 rings (SSSR count). The minimum Gasteiger partial charge on any atom is -0.359 e. The first kappa shape index (κ1) is 12.8. The van der Waals surface area contributed by atoms with E-state index < -0.39 is 0 Å². The third-order valence-corrected chi connectivity index (χ3v) is 3.39. The molecule has 0 saturated carbocycles. The van der Waals surface area contributed by atoms with Crippen LogP contribution in [-0.2, 0) is 0 Å². The highest BCUT2D eigenvalue weighted by Crippen LogP contribution is 2.17. The Morgan fingerprint density at radius 1 is 1.56 bits per heavy atom. The normalized spacial score (nSPS) is 19.3. The molecule has 1 saturated heterocycles. The van der Waals surface area contributed by atoms with Gasteiger partial charge in [-0.3, -0.25) is 0 Å². The number of aromatic nitrogens is 1. The van der Waals surface area contributed by atoms with E-state index in [1.54, 1.807) is 0 Å². The standard InChI is InChI=1S/C14H20N4/c1-11-6-13(8-15)7-14(17-11)18(2)10-12-4-3-5-16-9-12/h6-7,12,16H,3-5,9-10H2,1-2H3. The zero-order valence-corrected chi connectivity index (χ0v) is 11.1. The molecule has 4 heteroatoms. The van der Waals surface area contributed by atoms with Crippen molar-refractivity contribution in [1.29, 1.82) is 5.26 Å². The van der Waals surface area contributed by atoms with Gasteiger partial charge in [-0.25, -0.2) is 4.98 Å². The van der Waals surface area contributed by atoms with Crippen molar-refractivity contribution < 1.29 is 0 Å². The number of hydrogen-bond acceptors (Lipinski definition) is 4. The molecular formula is C14H20N4. The van der Waals surface area contributed by atoms with Gasteiger partial charge in [0.05, 0.1) is 11.6 Å². The molecule has 0 aliphatic carbocycles. The molecule has 0 bridgehead atoms. The number of hydrogen-bond donors (Lipinski definition) is 1. The van der Waals surface area contributed by atoms with Crippen molar-refractivity contribution in [2.45, 2.75) is 19.8 Å². The Hall–Kier alpha value is -1.60. The van der Waals surface area contributed by atoms with Crippen molar-refractivity contribution in [1.82, 2.24) is 10.3 Å². The number of aryl methyl sites for hydroxylation is 1. The molecule has 4 nitrogen and oxygen atoms in total. The van der Waals surface area contributed by atoms with E-state index in [0.29, 0.717) is 11.5 Å². The first-order chi connectivity index (χ1) is 8.69. The van der Waals surface area contributed by atoms with Crippen molar-refractivity contribution in [2.75, 3.05) is 31.6 Å². The smallest absolute Gasteiger partial charge is 0.129 e. The second-order valence-corrected chi connectivity index (χ2v) is 5.06. The van der Waals surface area contributed by atoms with Crippen LogP contribution < -0.4 is 10.2 Å². The fourth-order valence-electron chi connectivity index (χ4n) is 2.47. The third kappa shape index (κ3) is 3.21. The van der Waals surface area contributed by atoms with E-state index in [-0.39, 0.29) is 0 Å². The van der Waals surface area contributed by atoms with Crippen LogP contribution in [0.3, 0.4) is 0 Å². The summed E-state index contributed by atoms with van der Waals surface area (Å²) in [5.74, 6) is 1.58. The van der Waals surface area contributed by atoms with Crippen LogP contribution >= 0.6 is 0 Å². The highest BCUT2D eigenvalue weighted by molar-refractivity contribution is 5.46. The van der Waals surface area contributed by atoms with Crippen molar-refractivity contribution in [3.8, 4) is 6.07 Å². The summed E-state index contributed by atoms with van der Waals surface area (Å²) in [5.41, 5.74) is 1.59. The Labute approximate surface area is 109 Å². The Morgan fingerprint density at radius 2 is 2.39 bits per heavy atom. The molecule has 0 radical (unpaired) electrons. The minimum absolute atomic E-state index is 0.677. The van der Waals surface area contributed by atoms with Gasteiger partial charge in [-0.15, -0.1) is 0 Å². The molecule has 0 amide bonds. The number of nitriles is 1. The molecule has 0 spiro atoms. The zero-order chi connectivity index (χ0) is 13.0. The third-order valence-electron chi connectivity index (χ3n) is 3.39. The van der Waals surface area contributed by atoms with Gasteiger partial charge in [0.1, 0.15) is 5.82 Å². The number of nitrogens with zero attached hydrogens (tertiary/aromatic N) is 3. The molecule has 1 unspecified atom stereocenters. The summed E-state index contributed by atoms with van der Waals surface area (Å²) < 4.78 is 0. The summed E-state index contributed by atoms with van der Waals surface area (Å²) in [6.07, 6.45) is 2.53. The van der Waals surface area contributed by atoms with E-state index in [0.717, 1.165) is 31.1 Å². The molecule has 1 atom stereocenters. The van der Waals surface area contributed by atoms with Crippen molar-refractivity contribution >= 4 is 5.82 Å². The fourth-order valence-corrected chi connectivity index (χ4v) is 2.47. The summed E-state index contributed by atoms with van der Waals surface area (Å²) in [6, 6.07) is 5.87. The second kappa shape index (κ2) is 5.83. The van der Waals surface area contributed by atoms with Gasteiger partial charge in [0.25, 0.3) is 0 Å². The van der Waals surface area contributed by atoms with Crippen LogP contribution in [0.1, 0.15) is 24.1 Å². The van der Waals surface area contributed by atoms with Crippen LogP contribution in [0, 0.1) is 24.2 Å². The lowest BCUT2D eigenvalue weighted by atomic mass is 9.99. The molecule has 1 aliphatic heterocycles. The monoisotopic (exact) mass is 244 g/mol. The van der Waals surface area contributed by atoms with Gasteiger partial charge in [0, 0.05) is 19.3 Å². The van der Waals surface area contributed by atoms with Gasteiger partial charge in [0.2, 0.25) is 0 Å². The Morgan fingerprint density at radius 3 is 3.06 bits per heavy atom. The molecule has 96 valence electrons. The maximum atomic E-state index is 8.98. The molecule has 1 N–H and O–H groups in total. The van der Waals surface area contributed by atoms with Gasteiger partial charge < -0.3 is 10.2 Å². The van der Waals surface area contributed by atoms with E-state index >= 15 is 0 Å². The largest absolute Gasteiger partial charge is 0.359 e. The number of piperidine rings is 1. The van der Waals surface area contributed by atoms with E-state index in [1.165, 1.54) is 12.8 Å². The maximum Gasteiger partial charge on any atom is 0.129 e. The lowest BCUT2D eigenvalue weighted by Gasteiger charge is -2.28. The van der Waals surface area contributed by atoms with Crippen molar-refractivity contribution in [3.63, 3.8) is 0 Å². The molecule has 1 aliphatic rings. The Balaban J connectivity index is 2.05. The van der Waals surface area contributed by atoms with E-state index in [2.05, 4.69) is 28.3 Å². The summed E-state index contributed by atoms with van der Waals surface area (Å²) >= 11 is 0. The highest BCUT2D eigenvalue weighted by Gasteiger charge is 2.16. The number of anilines is 1. The second-order valence-electron chi connectivity index (χ2n) is 5.06. The SMILES string of the molecule is Cc1cc(C#N)cc(N(C)CC2CCCNC2)n1. The van der Waals surface area contributed by atoms with E-state index in [9.17, 15) is 0 Å². The Kier molecular flexibility index (Phi) is 4.16. The molecule has 1 aromatic heterocycles. The molecule has 1 fully saturated rings. The van der Waals surface area contributed by atoms with E-state index in [4.69, 9.17) is 5.26 Å². The summed E-state index contributed by atoms with van der Waals surface area (Å²) in [6.45, 7) is 5.15. The van der Waals surface area contributed by atoms with Crippen molar-refractivity contribution in [3.05, 3.63) is 23.4 Å². The van der Waals surface area contributed by atoms with Crippen LogP contribution in [-0.4, -0.2) is 31.7 Å². The van der Waals surface area contributed by atoms with Gasteiger partial charge in [-0.2, -0.15) is 5.26 Å². The van der Waals surface area contributed by atoms with Gasteiger partial charge in [0.15, 0.2) is 0 Å². The van der Waals surface area contributed by atoms with Crippen LogP contribution in [0.4, 0.5) is 5.82 Å². The maximum absolute atomic E-state index is 8.98. The number of nitrogens with one attached hydrogen (secondary N) is 1. The van der Waals surface area contributed by atoms with Gasteiger partial charge in [-0.1, -0.05) is 0 Å². The van der Waals surface area contributed by atoms with Crippen LogP contribution in [0.5, 0.6) is 0 Å². The average molecular weight is 244 g/mol. The van der Waals surface area contributed by atoms with Crippen LogP contribution in [0.15, 0.2) is 12.1 Å². The summed E-state index contributed by atoms with van der Waals surface area (Å²) in [7, 11) is 2.05. The summed E-state index contributed by atoms with van der Waals surface area (Å²) in [4.78, 5) is 6.66. The van der Waals surface area contributed by atoms with Crippen LogP contribution in [0.2, 0.25) is 0 Å². The van der Waals surface area contributed by atoms with Gasteiger partial charge >= 0.3 is 0 Å². The molecule has 18 heavy (non-hydrogen) atoms. The highest BCUT2D eigenvalue weighted by atomic mass is 15.2. The summed E-state index contributed by atoms with van der Waals surface area (Å²) in [5, 5.41) is 12.4. The first-order valence-electron chi connectivity index (χ1n) is 6.49. The van der Waals surface area contributed by atoms with Gasteiger partial charge in [-0.05, 0) is 50.9 Å². The minimum atomic E-state index is 0.677. The molecular weight excluding hydrogens is 224 g/mol. The van der Waals surface area contributed by atoms with Crippen molar-refractivity contribution in [2.24, 2.45) is 5.92 Å². The predicted molar refractivity (Wildman–Crippen MR) is 72.6 cm³/mol. The zero-order valence-electron chi connectivity index (χ0n) is 11.1. The number of pyridine rings is 1. The average Bonchev–Trinajstić information content (AvgIpc) is 2.39. The molecule has 0 aromatic carbocycles. The Bertz CT molecular complexity index is 444.